The standard InChI is InChI=1S/C18H23N3/c1-19-18-16(9-13-5-2-3-8-17(13)20-18)12-21-10-14-6-4-7-15(14)11-21/h2-3,5,8-9,14-15H,4,6-7,10-12H2,1H3,(H,19,20). The van der Waals surface area contributed by atoms with Crippen molar-refractivity contribution in [3.63, 3.8) is 0 Å². The number of aromatic nitrogens is 1. The van der Waals surface area contributed by atoms with E-state index in [1.165, 1.54) is 43.3 Å². The van der Waals surface area contributed by atoms with Gasteiger partial charge in [0.05, 0.1) is 5.52 Å². The molecule has 3 nitrogen and oxygen atoms in total. The molecular formula is C18H23N3. The zero-order valence-corrected chi connectivity index (χ0v) is 12.7. The number of nitrogens with zero attached hydrogens (tertiary/aromatic N) is 2. The van der Waals surface area contributed by atoms with E-state index < -0.39 is 0 Å². The number of pyridine rings is 1. The molecule has 110 valence electrons. The minimum absolute atomic E-state index is 0.955. The minimum Gasteiger partial charge on any atom is -0.373 e. The van der Waals surface area contributed by atoms with Gasteiger partial charge in [-0.25, -0.2) is 4.98 Å². The molecule has 0 bridgehead atoms. The number of anilines is 1. The number of para-hydroxylation sites is 1. The normalized spacial score (nSPS) is 25.4. The molecule has 2 aliphatic rings. The molecule has 0 amide bonds. The van der Waals surface area contributed by atoms with Gasteiger partial charge in [0.25, 0.3) is 0 Å². The number of rotatable bonds is 3. The largest absolute Gasteiger partial charge is 0.373 e. The lowest BCUT2D eigenvalue weighted by Gasteiger charge is -2.19. The van der Waals surface area contributed by atoms with Crippen molar-refractivity contribution in [3.8, 4) is 0 Å². The third kappa shape index (κ3) is 2.40. The molecule has 4 rings (SSSR count). The molecule has 1 aliphatic heterocycles. The summed E-state index contributed by atoms with van der Waals surface area (Å²) in [4.78, 5) is 7.40. The van der Waals surface area contributed by atoms with Crippen LogP contribution in [0, 0.1) is 11.8 Å². The van der Waals surface area contributed by atoms with Gasteiger partial charge < -0.3 is 5.32 Å². The number of likely N-dealkylation sites (tertiary alicyclic amines) is 1. The molecule has 1 saturated carbocycles. The summed E-state index contributed by atoms with van der Waals surface area (Å²) in [6.45, 7) is 3.59. The van der Waals surface area contributed by atoms with Gasteiger partial charge in [-0.05, 0) is 36.8 Å². The highest BCUT2D eigenvalue weighted by molar-refractivity contribution is 5.81. The average Bonchev–Trinajstić information content (AvgIpc) is 3.07. The van der Waals surface area contributed by atoms with Crippen molar-refractivity contribution in [1.29, 1.82) is 0 Å². The molecule has 2 atom stereocenters. The first-order valence-corrected chi connectivity index (χ1v) is 8.12. The van der Waals surface area contributed by atoms with Crippen molar-refractivity contribution in [2.45, 2.75) is 25.8 Å². The van der Waals surface area contributed by atoms with Gasteiger partial charge in [0.15, 0.2) is 0 Å². The van der Waals surface area contributed by atoms with Crippen LogP contribution in [-0.4, -0.2) is 30.0 Å². The highest BCUT2D eigenvalue weighted by atomic mass is 15.2. The average molecular weight is 281 g/mol. The Morgan fingerprint density at radius 3 is 2.71 bits per heavy atom. The summed E-state index contributed by atoms with van der Waals surface area (Å²) in [6, 6.07) is 10.7. The van der Waals surface area contributed by atoms with Crippen LogP contribution in [0.2, 0.25) is 0 Å². The first kappa shape index (κ1) is 13.1. The summed E-state index contributed by atoms with van der Waals surface area (Å²) in [5.41, 5.74) is 2.40. The van der Waals surface area contributed by atoms with Gasteiger partial charge in [0, 0.05) is 37.6 Å². The van der Waals surface area contributed by atoms with Crippen molar-refractivity contribution in [2.75, 3.05) is 25.5 Å². The second-order valence-electron chi connectivity index (χ2n) is 6.58. The Bertz CT molecular complexity index is 640. The van der Waals surface area contributed by atoms with Gasteiger partial charge >= 0.3 is 0 Å². The van der Waals surface area contributed by atoms with Crippen molar-refractivity contribution >= 4 is 16.7 Å². The Kier molecular flexibility index (Phi) is 3.30. The summed E-state index contributed by atoms with van der Waals surface area (Å²) in [6.07, 6.45) is 4.33. The lowest BCUT2D eigenvalue weighted by atomic mass is 10.0. The smallest absolute Gasteiger partial charge is 0.130 e. The van der Waals surface area contributed by atoms with Crippen LogP contribution in [0.1, 0.15) is 24.8 Å². The molecule has 1 aromatic heterocycles. The quantitative estimate of drug-likeness (QED) is 0.933. The molecule has 2 fully saturated rings. The van der Waals surface area contributed by atoms with Crippen LogP contribution in [0.25, 0.3) is 10.9 Å². The summed E-state index contributed by atoms with van der Waals surface area (Å²) in [5, 5.41) is 4.52. The fourth-order valence-electron chi connectivity index (χ4n) is 4.20. The highest BCUT2D eigenvalue weighted by Gasteiger charge is 2.35. The van der Waals surface area contributed by atoms with E-state index in [2.05, 4.69) is 40.5 Å². The Morgan fingerprint density at radius 2 is 1.95 bits per heavy atom. The molecule has 1 aliphatic carbocycles. The van der Waals surface area contributed by atoms with Gasteiger partial charge in [-0.15, -0.1) is 0 Å². The molecule has 2 aromatic rings. The lowest BCUT2D eigenvalue weighted by Crippen LogP contribution is -2.22. The summed E-state index contributed by atoms with van der Waals surface area (Å²) in [5.74, 6) is 2.94. The van der Waals surface area contributed by atoms with E-state index in [0.29, 0.717) is 0 Å². The highest BCUT2D eigenvalue weighted by Crippen LogP contribution is 2.38. The van der Waals surface area contributed by atoms with Gasteiger partial charge in [0.2, 0.25) is 0 Å². The molecule has 2 unspecified atom stereocenters. The zero-order chi connectivity index (χ0) is 14.2. The van der Waals surface area contributed by atoms with Crippen LogP contribution in [0.15, 0.2) is 30.3 Å². The number of hydrogen-bond acceptors (Lipinski definition) is 3. The van der Waals surface area contributed by atoms with Crippen molar-refractivity contribution < 1.29 is 0 Å². The van der Waals surface area contributed by atoms with E-state index in [4.69, 9.17) is 4.98 Å². The number of hydrogen-bond donors (Lipinski definition) is 1. The summed E-state index contributed by atoms with van der Waals surface area (Å²) >= 11 is 0. The molecule has 3 heteroatoms. The maximum Gasteiger partial charge on any atom is 0.130 e. The van der Waals surface area contributed by atoms with E-state index in [0.717, 1.165) is 29.7 Å². The zero-order valence-electron chi connectivity index (χ0n) is 12.7. The van der Waals surface area contributed by atoms with E-state index >= 15 is 0 Å². The van der Waals surface area contributed by atoms with Crippen LogP contribution < -0.4 is 5.32 Å². The maximum absolute atomic E-state index is 4.77. The van der Waals surface area contributed by atoms with Gasteiger partial charge in [-0.3, -0.25) is 4.90 Å². The Morgan fingerprint density at radius 1 is 1.19 bits per heavy atom. The van der Waals surface area contributed by atoms with E-state index in [1.807, 2.05) is 7.05 Å². The lowest BCUT2D eigenvalue weighted by molar-refractivity contribution is 0.304. The second-order valence-corrected chi connectivity index (χ2v) is 6.58. The molecule has 2 heterocycles. The predicted octanol–water partition coefficient (Wildman–Crippen LogP) is 3.51. The molecule has 1 aromatic carbocycles. The van der Waals surface area contributed by atoms with Crippen LogP contribution >= 0.6 is 0 Å². The van der Waals surface area contributed by atoms with Crippen LogP contribution in [0.5, 0.6) is 0 Å². The van der Waals surface area contributed by atoms with Crippen LogP contribution in [-0.2, 0) is 6.54 Å². The first-order chi connectivity index (χ1) is 10.3. The second kappa shape index (κ2) is 5.30. The SMILES string of the molecule is CNc1nc2ccccc2cc1CN1CC2CCCC2C1. The molecular weight excluding hydrogens is 258 g/mol. The Labute approximate surface area is 126 Å². The number of fused-ring (bicyclic) bond motifs is 2. The molecule has 0 spiro atoms. The third-order valence-electron chi connectivity index (χ3n) is 5.24. The van der Waals surface area contributed by atoms with Crippen molar-refractivity contribution in [2.24, 2.45) is 11.8 Å². The van der Waals surface area contributed by atoms with Crippen molar-refractivity contribution in [3.05, 3.63) is 35.9 Å². The molecule has 21 heavy (non-hydrogen) atoms. The number of nitrogens with one attached hydrogen (secondary N) is 1. The Balaban J connectivity index is 1.60. The first-order valence-electron chi connectivity index (χ1n) is 8.12. The van der Waals surface area contributed by atoms with Crippen molar-refractivity contribution in [1.82, 2.24) is 9.88 Å². The van der Waals surface area contributed by atoms with Crippen LogP contribution in [0.3, 0.4) is 0 Å². The van der Waals surface area contributed by atoms with E-state index in [1.54, 1.807) is 0 Å². The monoisotopic (exact) mass is 281 g/mol. The van der Waals surface area contributed by atoms with Crippen LogP contribution in [0.4, 0.5) is 5.82 Å². The fourth-order valence-corrected chi connectivity index (χ4v) is 4.20. The van der Waals surface area contributed by atoms with E-state index in [-0.39, 0.29) is 0 Å². The fraction of sp³-hybridized carbons (Fsp3) is 0.500. The van der Waals surface area contributed by atoms with Gasteiger partial charge in [-0.2, -0.15) is 0 Å². The predicted molar refractivity (Wildman–Crippen MR) is 87.4 cm³/mol. The Hall–Kier alpha value is -1.61. The molecule has 0 radical (unpaired) electrons. The minimum atomic E-state index is 0.955. The molecule has 1 saturated heterocycles. The number of benzene rings is 1. The molecule has 1 N–H and O–H groups in total. The van der Waals surface area contributed by atoms with Gasteiger partial charge in [-0.1, -0.05) is 24.6 Å². The van der Waals surface area contributed by atoms with Gasteiger partial charge in [0.1, 0.15) is 5.82 Å². The maximum atomic E-state index is 4.77. The van der Waals surface area contributed by atoms with E-state index in [9.17, 15) is 0 Å². The summed E-state index contributed by atoms with van der Waals surface area (Å²) in [7, 11) is 1.97. The third-order valence-corrected chi connectivity index (χ3v) is 5.24. The topological polar surface area (TPSA) is 28.2 Å². The summed E-state index contributed by atoms with van der Waals surface area (Å²) < 4.78 is 0.